The van der Waals surface area contributed by atoms with Gasteiger partial charge in [-0.2, -0.15) is 0 Å². The molecule has 4 N–H and O–H groups in total. The van der Waals surface area contributed by atoms with Gasteiger partial charge in [-0.25, -0.2) is 4.98 Å². The normalized spacial score (nSPS) is 10.4. The van der Waals surface area contributed by atoms with E-state index in [0.29, 0.717) is 22.2 Å². The van der Waals surface area contributed by atoms with Crippen molar-refractivity contribution in [3.63, 3.8) is 0 Å². The molecule has 7 nitrogen and oxygen atoms in total. The summed E-state index contributed by atoms with van der Waals surface area (Å²) in [5, 5.41) is 6.09. The van der Waals surface area contributed by atoms with Gasteiger partial charge >= 0.3 is 0 Å². The quantitative estimate of drug-likeness (QED) is 0.443. The van der Waals surface area contributed by atoms with E-state index in [4.69, 9.17) is 10.5 Å². The molecule has 0 spiro atoms. The third kappa shape index (κ3) is 5.55. The number of hydrogen-bond donors (Lipinski definition) is 3. The maximum absolute atomic E-state index is 13.1. The number of rotatable bonds is 8. The minimum absolute atomic E-state index is 0.0703. The van der Waals surface area contributed by atoms with Gasteiger partial charge in [0.15, 0.2) is 0 Å². The molecule has 0 radical (unpaired) electrons. The van der Waals surface area contributed by atoms with E-state index < -0.39 is 11.8 Å². The maximum Gasteiger partial charge on any atom is 0.259 e. The number of hydrogen-bond acceptors (Lipinski definition) is 6. The Labute approximate surface area is 185 Å². The molecule has 0 fully saturated rings. The molecule has 160 valence electrons. The number of aromatic nitrogens is 1. The molecule has 1 heterocycles. The van der Waals surface area contributed by atoms with Crippen LogP contribution < -0.4 is 21.1 Å². The highest BCUT2D eigenvalue weighted by molar-refractivity contribution is 7.99. The summed E-state index contributed by atoms with van der Waals surface area (Å²) in [6.07, 6.45) is 0.899. The molecule has 0 saturated carbocycles. The predicted octanol–water partition coefficient (Wildman–Crippen LogP) is 4.68. The molecule has 0 bridgehead atoms. The lowest BCUT2D eigenvalue weighted by molar-refractivity contribution is 0.102. The van der Waals surface area contributed by atoms with Gasteiger partial charge in [-0.1, -0.05) is 37.3 Å². The molecule has 3 aromatic rings. The number of amides is 2. The van der Waals surface area contributed by atoms with Crippen molar-refractivity contribution >= 4 is 40.8 Å². The number of thioether (sulfide) groups is 1. The van der Waals surface area contributed by atoms with Crippen LogP contribution in [0.5, 0.6) is 5.75 Å². The first-order valence-electron chi connectivity index (χ1n) is 9.77. The summed E-state index contributed by atoms with van der Waals surface area (Å²) in [5.41, 5.74) is 7.63. The smallest absolute Gasteiger partial charge is 0.259 e. The number of nitrogens with one attached hydrogen (secondary N) is 2. The number of carbonyl (C=O) groups excluding carboxylic acids is 2. The molecule has 31 heavy (non-hydrogen) atoms. The van der Waals surface area contributed by atoms with Crippen molar-refractivity contribution in [2.24, 2.45) is 0 Å². The molecule has 0 aliphatic rings. The van der Waals surface area contributed by atoms with Crippen molar-refractivity contribution < 1.29 is 14.3 Å². The Morgan fingerprint density at radius 2 is 1.68 bits per heavy atom. The average Bonchev–Trinajstić information content (AvgIpc) is 2.78. The largest absolute Gasteiger partial charge is 0.495 e. The van der Waals surface area contributed by atoms with Crippen molar-refractivity contribution in [1.29, 1.82) is 0 Å². The summed E-state index contributed by atoms with van der Waals surface area (Å²) >= 11 is 1.42. The Hall–Kier alpha value is -3.52. The van der Waals surface area contributed by atoms with Crippen LogP contribution in [0.4, 0.5) is 17.2 Å². The number of nitrogens with two attached hydrogens (primary N) is 1. The fourth-order valence-electron chi connectivity index (χ4n) is 2.82. The van der Waals surface area contributed by atoms with Crippen LogP contribution in [0.1, 0.15) is 34.1 Å². The molecule has 0 atom stereocenters. The molecule has 8 heteroatoms. The van der Waals surface area contributed by atoms with E-state index in [9.17, 15) is 9.59 Å². The lowest BCUT2D eigenvalue weighted by Crippen LogP contribution is -2.20. The van der Waals surface area contributed by atoms with Gasteiger partial charge in [0.05, 0.1) is 23.9 Å². The second-order valence-electron chi connectivity index (χ2n) is 6.60. The van der Waals surface area contributed by atoms with Gasteiger partial charge in [0.25, 0.3) is 11.8 Å². The van der Waals surface area contributed by atoms with Gasteiger partial charge in [0.2, 0.25) is 0 Å². The van der Waals surface area contributed by atoms with Crippen LogP contribution in [0, 0.1) is 0 Å². The molecule has 2 aromatic carbocycles. The molecule has 3 rings (SSSR count). The number of benzene rings is 2. The maximum atomic E-state index is 13.1. The minimum Gasteiger partial charge on any atom is -0.495 e. The minimum atomic E-state index is -0.436. The fraction of sp³-hybridized carbons (Fsp3) is 0.174. The van der Waals surface area contributed by atoms with Crippen molar-refractivity contribution in [1.82, 2.24) is 4.98 Å². The van der Waals surface area contributed by atoms with Crippen molar-refractivity contribution in [2.75, 3.05) is 29.2 Å². The fourth-order valence-corrected chi connectivity index (χ4v) is 3.69. The first kappa shape index (κ1) is 22.2. The molecular formula is C23H24N4O3S. The van der Waals surface area contributed by atoms with E-state index in [1.807, 2.05) is 31.2 Å². The van der Waals surface area contributed by atoms with Gasteiger partial charge in [-0.15, -0.1) is 11.8 Å². The van der Waals surface area contributed by atoms with Gasteiger partial charge in [0, 0.05) is 5.69 Å². The summed E-state index contributed by atoms with van der Waals surface area (Å²) in [6, 6.07) is 17.6. The third-order valence-electron chi connectivity index (χ3n) is 4.34. The lowest BCUT2D eigenvalue weighted by Gasteiger charge is -2.14. The van der Waals surface area contributed by atoms with Crippen molar-refractivity contribution in [3.8, 4) is 5.75 Å². The van der Waals surface area contributed by atoms with Crippen molar-refractivity contribution in [2.45, 2.75) is 18.4 Å². The Morgan fingerprint density at radius 1 is 1.00 bits per heavy atom. The molecule has 1 aromatic heterocycles. The molecule has 0 unspecified atom stereocenters. The molecule has 0 aliphatic heterocycles. The molecular weight excluding hydrogens is 412 g/mol. The molecule has 0 saturated heterocycles. The Morgan fingerprint density at radius 3 is 2.39 bits per heavy atom. The molecule has 0 aliphatic carbocycles. The summed E-state index contributed by atoms with van der Waals surface area (Å²) < 4.78 is 5.31. The van der Waals surface area contributed by atoms with Crippen molar-refractivity contribution in [3.05, 3.63) is 71.8 Å². The van der Waals surface area contributed by atoms with Crippen LogP contribution in [-0.4, -0.2) is 29.7 Å². The first-order valence-corrected chi connectivity index (χ1v) is 10.8. The molecule has 2 amide bonds. The standard InChI is InChI=1S/C23H24N4O3S/c1-3-13-31-23-17(22(29)26-18-11-7-8-12-19(18)30-2)14-16(20(24)27-23)21(28)25-15-9-5-4-6-10-15/h4-12,14H,3,13H2,1-2H3,(H2,24,27)(H,25,28)(H,26,29). The van der Waals surface area contributed by atoms with Crippen LogP contribution in [0.25, 0.3) is 0 Å². The number of ether oxygens (including phenoxy) is 1. The second-order valence-corrected chi connectivity index (χ2v) is 7.68. The first-order chi connectivity index (χ1) is 15.0. The van der Waals surface area contributed by atoms with E-state index in [2.05, 4.69) is 15.6 Å². The number of anilines is 3. The third-order valence-corrected chi connectivity index (χ3v) is 5.53. The highest BCUT2D eigenvalue weighted by atomic mass is 32.2. The number of para-hydroxylation sites is 3. The Kier molecular flexibility index (Phi) is 7.50. The highest BCUT2D eigenvalue weighted by Crippen LogP contribution is 2.29. The SMILES string of the molecule is CCCSc1nc(N)c(C(=O)Nc2ccccc2)cc1C(=O)Nc1ccccc1OC. The van der Waals surface area contributed by atoms with Crippen LogP contribution in [-0.2, 0) is 0 Å². The van der Waals surface area contributed by atoms with Gasteiger partial charge < -0.3 is 21.1 Å². The Bertz CT molecular complexity index is 1070. The zero-order valence-corrected chi connectivity index (χ0v) is 18.2. The number of methoxy groups -OCH3 is 1. The van der Waals surface area contributed by atoms with E-state index >= 15 is 0 Å². The zero-order chi connectivity index (χ0) is 22.2. The summed E-state index contributed by atoms with van der Waals surface area (Å²) in [5.74, 6) is 0.528. The van der Waals surface area contributed by atoms with Crippen LogP contribution in [0.3, 0.4) is 0 Å². The zero-order valence-electron chi connectivity index (χ0n) is 17.3. The van der Waals surface area contributed by atoms with E-state index in [0.717, 1.165) is 12.2 Å². The summed E-state index contributed by atoms with van der Waals surface area (Å²) in [6.45, 7) is 2.03. The van der Waals surface area contributed by atoms with E-state index in [-0.39, 0.29) is 16.9 Å². The van der Waals surface area contributed by atoms with Crippen LogP contribution in [0.2, 0.25) is 0 Å². The highest BCUT2D eigenvalue weighted by Gasteiger charge is 2.21. The van der Waals surface area contributed by atoms with Crippen LogP contribution in [0.15, 0.2) is 65.7 Å². The van der Waals surface area contributed by atoms with E-state index in [1.54, 1.807) is 30.3 Å². The van der Waals surface area contributed by atoms with Gasteiger partial charge in [0.1, 0.15) is 16.6 Å². The Balaban J connectivity index is 1.95. The second kappa shape index (κ2) is 10.5. The predicted molar refractivity (Wildman–Crippen MR) is 125 cm³/mol. The number of nitrogen functional groups attached to an aromatic ring is 1. The van der Waals surface area contributed by atoms with Gasteiger partial charge in [-0.05, 0) is 42.5 Å². The van der Waals surface area contributed by atoms with Gasteiger partial charge in [-0.3, -0.25) is 9.59 Å². The summed E-state index contributed by atoms with van der Waals surface area (Å²) in [4.78, 5) is 30.3. The monoisotopic (exact) mass is 436 g/mol. The average molecular weight is 437 g/mol. The topological polar surface area (TPSA) is 106 Å². The number of pyridine rings is 1. The lowest BCUT2D eigenvalue weighted by atomic mass is 10.1. The summed E-state index contributed by atoms with van der Waals surface area (Å²) in [7, 11) is 1.53. The number of nitrogens with zero attached hydrogens (tertiary/aromatic N) is 1. The van der Waals surface area contributed by atoms with Crippen LogP contribution >= 0.6 is 11.8 Å². The van der Waals surface area contributed by atoms with E-state index in [1.165, 1.54) is 24.9 Å². The number of carbonyl (C=O) groups is 2.